The van der Waals surface area contributed by atoms with E-state index >= 15 is 0 Å². The Morgan fingerprint density at radius 2 is 1.82 bits per heavy atom. The maximum Gasteiger partial charge on any atom is 0.223 e. The van der Waals surface area contributed by atoms with E-state index in [2.05, 4.69) is 20.4 Å². The number of benzene rings is 1. The summed E-state index contributed by atoms with van der Waals surface area (Å²) in [6.45, 7) is 1.68. The van der Waals surface area contributed by atoms with Crippen LogP contribution in [0.5, 0.6) is 0 Å². The highest BCUT2D eigenvalue weighted by Gasteiger charge is 2.29. The van der Waals surface area contributed by atoms with E-state index in [-0.39, 0.29) is 17.9 Å². The average Bonchev–Trinajstić information content (AvgIpc) is 3.48. The van der Waals surface area contributed by atoms with Gasteiger partial charge in [-0.25, -0.2) is 0 Å². The summed E-state index contributed by atoms with van der Waals surface area (Å²) in [6, 6.07) is 14.1. The maximum absolute atomic E-state index is 12.4. The SMILES string of the molecule is O=C(NC1CCN(c2ccc3nnc(-c4ccccc4)n3n2)C1)C1CCCC1. The van der Waals surface area contributed by atoms with Crippen LogP contribution in [0.1, 0.15) is 32.1 Å². The van der Waals surface area contributed by atoms with E-state index in [0.29, 0.717) is 0 Å². The molecule has 1 atom stereocenters. The largest absolute Gasteiger partial charge is 0.353 e. The molecular weight excluding hydrogens is 352 g/mol. The van der Waals surface area contributed by atoms with E-state index in [1.807, 2.05) is 42.5 Å². The molecule has 3 aromatic rings. The number of carbonyl (C=O) groups is 1. The lowest BCUT2D eigenvalue weighted by Gasteiger charge is -2.19. The van der Waals surface area contributed by atoms with E-state index in [4.69, 9.17) is 5.10 Å². The highest BCUT2D eigenvalue weighted by molar-refractivity contribution is 5.79. The van der Waals surface area contributed by atoms with Crippen molar-refractivity contribution in [1.82, 2.24) is 25.1 Å². The van der Waals surface area contributed by atoms with Crippen LogP contribution in [0.2, 0.25) is 0 Å². The molecule has 3 heterocycles. The molecule has 0 spiro atoms. The number of rotatable bonds is 4. The first-order valence-corrected chi connectivity index (χ1v) is 10.1. The van der Waals surface area contributed by atoms with E-state index < -0.39 is 0 Å². The van der Waals surface area contributed by atoms with E-state index in [9.17, 15) is 4.79 Å². The molecule has 1 saturated heterocycles. The second kappa shape index (κ2) is 7.22. The molecule has 0 radical (unpaired) electrons. The molecule has 2 fully saturated rings. The fourth-order valence-corrected chi connectivity index (χ4v) is 4.31. The minimum absolute atomic E-state index is 0.195. The number of nitrogens with zero attached hydrogens (tertiary/aromatic N) is 5. The zero-order valence-corrected chi connectivity index (χ0v) is 15.8. The van der Waals surface area contributed by atoms with Gasteiger partial charge in [-0.15, -0.1) is 15.3 Å². The molecule has 144 valence electrons. The van der Waals surface area contributed by atoms with Crippen molar-refractivity contribution in [2.24, 2.45) is 5.92 Å². The monoisotopic (exact) mass is 376 g/mol. The molecule has 7 nitrogen and oxygen atoms in total. The number of fused-ring (bicyclic) bond motifs is 1. The summed E-state index contributed by atoms with van der Waals surface area (Å²) < 4.78 is 1.80. The Balaban J connectivity index is 1.33. The van der Waals surface area contributed by atoms with Crippen LogP contribution in [0.4, 0.5) is 5.82 Å². The maximum atomic E-state index is 12.4. The van der Waals surface area contributed by atoms with Gasteiger partial charge in [0.1, 0.15) is 5.82 Å². The fourth-order valence-electron chi connectivity index (χ4n) is 4.31. The number of carbonyl (C=O) groups excluding carboxylic acids is 1. The van der Waals surface area contributed by atoms with Gasteiger partial charge in [0.15, 0.2) is 11.5 Å². The van der Waals surface area contributed by atoms with Crippen molar-refractivity contribution in [1.29, 1.82) is 0 Å². The Bertz CT molecular complexity index is 979. The summed E-state index contributed by atoms with van der Waals surface area (Å²) in [5.41, 5.74) is 1.72. The smallest absolute Gasteiger partial charge is 0.223 e. The van der Waals surface area contributed by atoms with Crippen molar-refractivity contribution in [3.63, 3.8) is 0 Å². The fraction of sp³-hybridized carbons (Fsp3) is 0.429. The highest BCUT2D eigenvalue weighted by atomic mass is 16.2. The predicted molar refractivity (Wildman–Crippen MR) is 107 cm³/mol. The zero-order valence-electron chi connectivity index (χ0n) is 15.8. The third kappa shape index (κ3) is 3.21. The summed E-state index contributed by atoms with van der Waals surface area (Å²) in [7, 11) is 0. The minimum Gasteiger partial charge on any atom is -0.353 e. The van der Waals surface area contributed by atoms with Crippen LogP contribution in [0.25, 0.3) is 17.0 Å². The van der Waals surface area contributed by atoms with E-state index in [1.165, 1.54) is 12.8 Å². The van der Waals surface area contributed by atoms with Gasteiger partial charge >= 0.3 is 0 Å². The Morgan fingerprint density at radius 1 is 1.00 bits per heavy atom. The molecular formula is C21H24N6O. The summed E-state index contributed by atoms with van der Waals surface area (Å²) >= 11 is 0. The third-order valence-electron chi connectivity index (χ3n) is 5.87. The second-order valence-corrected chi connectivity index (χ2v) is 7.77. The number of aromatic nitrogens is 4. The first-order valence-electron chi connectivity index (χ1n) is 10.1. The molecule has 7 heteroatoms. The van der Waals surface area contributed by atoms with Crippen molar-refractivity contribution in [3.05, 3.63) is 42.5 Å². The summed E-state index contributed by atoms with van der Waals surface area (Å²) in [5.74, 6) is 2.08. The van der Waals surface area contributed by atoms with Crippen molar-refractivity contribution in [2.45, 2.75) is 38.1 Å². The summed E-state index contributed by atoms with van der Waals surface area (Å²) in [4.78, 5) is 14.7. The molecule has 1 amide bonds. The molecule has 5 rings (SSSR count). The van der Waals surface area contributed by atoms with Crippen LogP contribution in [-0.4, -0.2) is 44.8 Å². The quantitative estimate of drug-likeness (QED) is 0.758. The van der Waals surface area contributed by atoms with Crippen molar-refractivity contribution in [3.8, 4) is 11.4 Å². The van der Waals surface area contributed by atoms with Gasteiger partial charge in [-0.1, -0.05) is 43.2 Å². The van der Waals surface area contributed by atoms with Crippen LogP contribution in [0.3, 0.4) is 0 Å². The molecule has 2 aliphatic rings. The van der Waals surface area contributed by atoms with Gasteiger partial charge in [0.2, 0.25) is 5.91 Å². The van der Waals surface area contributed by atoms with Crippen LogP contribution in [0, 0.1) is 5.92 Å². The Kier molecular flexibility index (Phi) is 4.43. The summed E-state index contributed by atoms with van der Waals surface area (Å²) in [6.07, 6.45) is 5.39. The molecule has 1 aromatic carbocycles. The van der Waals surface area contributed by atoms with Crippen molar-refractivity contribution >= 4 is 17.4 Å². The van der Waals surface area contributed by atoms with Crippen LogP contribution in [0.15, 0.2) is 42.5 Å². The van der Waals surface area contributed by atoms with Gasteiger partial charge in [0.25, 0.3) is 0 Å². The van der Waals surface area contributed by atoms with Crippen LogP contribution in [-0.2, 0) is 4.79 Å². The van der Waals surface area contributed by atoms with E-state index in [0.717, 1.165) is 55.2 Å². The van der Waals surface area contributed by atoms with Gasteiger partial charge in [-0.2, -0.15) is 4.52 Å². The first kappa shape index (κ1) is 17.2. The lowest BCUT2D eigenvalue weighted by atomic mass is 10.1. The number of amides is 1. The molecule has 1 aliphatic carbocycles. The van der Waals surface area contributed by atoms with Crippen molar-refractivity contribution < 1.29 is 4.79 Å². The van der Waals surface area contributed by atoms with Crippen LogP contribution < -0.4 is 10.2 Å². The van der Waals surface area contributed by atoms with Gasteiger partial charge in [0.05, 0.1) is 0 Å². The van der Waals surface area contributed by atoms with Crippen molar-refractivity contribution in [2.75, 3.05) is 18.0 Å². The van der Waals surface area contributed by atoms with Gasteiger partial charge < -0.3 is 10.2 Å². The minimum atomic E-state index is 0.195. The molecule has 2 aromatic heterocycles. The number of hydrogen-bond acceptors (Lipinski definition) is 5. The standard InChI is InChI=1S/C21H24N6O/c28-21(16-8-4-5-9-16)22-17-12-13-26(14-17)19-11-10-18-23-24-20(27(18)25-19)15-6-2-1-3-7-15/h1-3,6-7,10-11,16-17H,4-5,8-9,12-14H2,(H,22,28). The number of nitrogens with one attached hydrogen (secondary N) is 1. The third-order valence-corrected chi connectivity index (χ3v) is 5.87. The summed E-state index contributed by atoms with van der Waals surface area (Å²) in [5, 5.41) is 16.6. The van der Waals surface area contributed by atoms with Crippen LogP contribution >= 0.6 is 0 Å². The Hall–Kier alpha value is -2.96. The molecule has 1 N–H and O–H groups in total. The molecule has 1 saturated carbocycles. The second-order valence-electron chi connectivity index (χ2n) is 7.77. The molecule has 28 heavy (non-hydrogen) atoms. The van der Waals surface area contributed by atoms with Gasteiger partial charge in [-0.3, -0.25) is 4.79 Å². The molecule has 0 bridgehead atoms. The Morgan fingerprint density at radius 3 is 2.64 bits per heavy atom. The zero-order chi connectivity index (χ0) is 18.9. The molecule has 1 unspecified atom stereocenters. The topological polar surface area (TPSA) is 75.4 Å². The highest BCUT2D eigenvalue weighted by Crippen LogP contribution is 2.26. The normalized spacial score (nSPS) is 20.1. The lowest BCUT2D eigenvalue weighted by Crippen LogP contribution is -2.40. The lowest BCUT2D eigenvalue weighted by molar-refractivity contribution is -0.125. The first-order chi connectivity index (χ1) is 13.8. The number of hydrogen-bond donors (Lipinski definition) is 1. The molecule has 1 aliphatic heterocycles. The van der Waals surface area contributed by atoms with Gasteiger partial charge in [0, 0.05) is 30.6 Å². The predicted octanol–water partition coefficient (Wildman–Crippen LogP) is 2.68. The van der Waals surface area contributed by atoms with E-state index in [1.54, 1.807) is 4.52 Å². The Labute approximate surface area is 163 Å². The van der Waals surface area contributed by atoms with Gasteiger partial charge in [-0.05, 0) is 31.4 Å². The average molecular weight is 376 g/mol. The number of anilines is 1.